The van der Waals surface area contributed by atoms with Crippen LogP contribution < -0.4 is 15.9 Å². The molecule has 0 nitrogen and oxygen atoms in total. The maximum absolute atomic E-state index is 4.95. The first kappa shape index (κ1) is 26.3. The summed E-state index contributed by atoms with van der Waals surface area (Å²) in [6.07, 6.45) is 2.90. The summed E-state index contributed by atoms with van der Waals surface area (Å²) in [4.78, 5) is 0. The Hall–Kier alpha value is -1.27. The van der Waals surface area contributed by atoms with Gasteiger partial charge in [-0.25, -0.2) is 0 Å². The van der Waals surface area contributed by atoms with Crippen LogP contribution in [0.15, 0.2) is 122 Å². The molecule has 0 unspecified atom stereocenters. The van der Waals surface area contributed by atoms with Crippen molar-refractivity contribution in [3.05, 3.63) is 133 Å². The molecule has 0 radical (unpaired) electrons. The number of hydrogen-bond acceptors (Lipinski definition) is 0. The third-order valence-corrected chi connectivity index (χ3v) is 9.60. The van der Waals surface area contributed by atoms with E-state index in [0.717, 1.165) is 11.7 Å². The Morgan fingerprint density at radius 2 is 0.909 bits per heavy atom. The fourth-order valence-electron chi connectivity index (χ4n) is 3.80. The molecule has 4 aromatic rings. The van der Waals surface area contributed by atoms with Gasteiger partial charge in [0.25, 0.3) is 0 Å². The SMILES string of the molecule is C=Cc1ccc(C[P+](c2ccccc2)(c2ccccc2)c2ccccc2)cc1.[Cl][Fe-]([Cl])([Cl])[Cl]. The number of rotatable bonds is 6. The van der Waals surface area contributed by atoms with Crippen molar-refractivity contribution in [1.82, 2.24) is 0 Å². The van der Waals surface area contributed by atoms with Crippen molar-refractivity contribution in [3.8, 4) is 0 Å². The molecule has 0 aromatic heterocycles. The van der Waals surface area contributed by atoms with Gasteiger partial charge >= 0.3 is 49.6 Å². The van der Waals surface area contributed by atoms with Crippen molar-refractivity contribution >= 4 is 69.6 Å². The van der Waals surface area contributed by atoms with Gasteiger partial charge in [0.2, 0.25) is 0 Å². The van der Waals surface area contributed by atoms with E-state index in [9.17, 15) is 0 Å². The molecule has 0 saturated heterocycles. The van der Waals surface area contributed by atoms with Crippen LogP contribution >= 0.6 is 47.7 Å². The molecule has 0 aliphatic carbocycles. The minimum absolute atomic E-state index is 1.00. The molecule has 0 aliphatic rings. The van der Waals surface area contributed by atoms with Crippen LogP contribution in [0, 0.1) is 0 Å². The van der Waals surface area contributed by atoms with E-state index in [1.165, 1.54) is 21.5 Å². The van der Waals surface area contributed by atoms with E-state index in [0.29, 0.717) is 0 Å². The molecular formula is C27H24Cl4FeP. The second kappa shape index (κ2) is 12.4. The summed E-state index contributed by atoms with van der Waals surface area (Å²) < 4.78 is 0. The molecule has 6 heteroatoms. The third-order valence-electron chi connectivity index (χ3n) is 5.23. The van der Waals surface area contributed by atoms with Gasteiger partial charge in [-0.3, -0.25) is 0 Å². The van der Waals surface area contributed by atoms with Crippen LogP contribution in [0.1, 0.15) is 11.1 Å². The summed E-state index contributed by atoms with van der Waals surface area (Å²) in [6, 6.07) is 41.9. The zero-order valence-corrected chi connectivity index (χ0v) is 22.8. The molecule has 173 valence electrons. The summed E-state index contributed by atoms with van der Waals surface area (Å²) in [6.45, 7) is 3.88. The first-order valence-electron chi connectivity index (χ1n) is 10.1. The average molecular weight is 577 g/mol. The first-order valence-corrected chi connectivity index (χ1v) is 18.2. The Morgan fingerprint density at radius 1 is 0.576 bits per heavy atom. The van der Waals surface area contributed by atoms with Gasteiger partial charge in [0.15, 0.2) is 0 Å². The topological polar surface area (TPSA) is 0 Å². The zero-order valence-electron chi connectivity index (χ0n) is 17.8. The van der Waals surface area contributed by atoms with E-state index < -0.39 is 16.5 Å². The molecule has 0 bridgehead atoms. The molecule has 0 fully saturated rings. The average Bonchev–Trinajstić information content (AvgIpc) is 2.83. The molecule has 0 spiro atoms. The van der Waals surface area contributed by atoms with Crippen molar-refractivity contribution in [3.63, 3.8) is 0 Å². The van der Waals surface area contributed by atoms with E-state index in [4.69, 9.17) is 40.4 Å². The molecule has 0 N–H and O–H groups in total. The van der Waals surface area contributed by atoms with Gasteiger partial charge in [0.1, 0.15) is 23.2 Å². The Balaban J connectivity index is 0.000000555. The Morgan fingerprint density at radius 3 is 1.21 bits per heavy atom. The molecule has 33 heavy (non-hydrogen) atoms. The normalized spacial score (nSPS) is 11.8. The fourth-order valence-corrected chi connectivity index (χ4v) is 8.05. The van der Waals surface area contributed by atoms with Crippen molar-refractivity contribution in [2.45, 2.75) is 6.16 Å². The Kier molecular flexibility index (Phi) is 9.93. The molecule has 0 aliphatic heterocycles. The molecule has 0 saturated carbocycles. The Bertz CT molecular complexity index is 1030. The second-order valence-corrected chi connectivity index (χ2v) is 21.7. The number of benzene rings is 4. The van der Waals surface area contributed by atoms with Crippen LogP contribution in [0.5, 0.6) is 0 Å². The summed E-state index contributed by atoms with van der Waals surface area (Å²) in [5.74, 6) is 0. The van der Waals surface area contributed by atoms with Crippen LogP contribution in [-0.4, -0.2) is 0 Å². The molecular weight excluding hydrogens is 553 g/mol. The van der Waals surface area contributed by atoms with Crippen LogP contribution in [0.2, 0.25) is 0 Å². The third kappa shape index (κ3) is 7.61. The standard InChI is InChI=1S/C27H24P.4ClH.Fe/c1-2-23-18-20-24(21-19-23)22-28(25-12-6-3-7-13-25,26-14-8-4-9-15-26)27-16-10-5-11-17-27;;;;;/h2-21H,1,22H2;4*1H;/q+1;;;;;+3/p-4. The van der Waals surface area contributed by atoms with Gasteiger partial charge in [0, 0.05) is 0 Å². The molecule has 0 atom stereocenters. The quantitative estimate of drug-likeness (QED) is 0.159. The predicted octanol–water partition coefficient (Wildman–Crippen LogP) is 8.58. The van der Waals surface area contributed by atoms with Crippen LogP contribution in [-0.2, 0) is 15.4 Å². The predicted molar refractivity (Wildman–Crippen MR) is 149 cm³/mol. The second-order valence-electron chi connectivity index (χ2n) is 7.22. The van der Waals surface area contributed by atoms with E-state index in [2.05, 4.69) is 122 Å². The summed E-state index contributed by atoms with van der Waals surface area (Å²) in [7, 11) is 15.4. The van der Waals surface area contributed by atoms with Crippen molar-refractivity contribution in [2.24, 2.45) is 0 Å². The van der Waals surface area contributed by atoms with E-state index in [1.807, 2.05) is 6.08 Å². The van der Waals surface area contributed by atoms with E-state index in [-0.39, 0.29) is 0 Å². The maximum atomic E-state index is 4.95. The van der Waals surface area contributed by atoms with Crippen molar-refractivity contribution in [1.29, 1.82) is 0 Å². The van der Waals surface area contributed by atoms with Crippen molar-refractivity contribution in [2.75, 3.05) is 0 Å². The van der Waals surface area contributed by atoms with E-state index in [1.54, 1.807) is 0 Å². The van der Waals surface area contributed by atoms with Crippen molar-refractivity contribution < 1.29 is 9.20 Å². The summed E-state index contributed by atoms with van der Waals surface area (Å²) >= 11 is 0. The van der Waals surface area contributed by atoms with Crippen LogP contribution in [0.4, 0.5) is 0 Å². The number of hydrogen-bond donors (Lipinski definition) is 0. The van der Waals surface area contributed by atoms with Crippen LogP contribution in [0.25, 0.3) is 6.08 Å². The monoisotopic (exact) mass is 575 g/mol. The summed E-state index contributed by atoms with van der Waals surface area (Å²) in [5.41, 5.74) is 2.52. The van der Waals surface area contributed by atoms with Gasteiger partial charge in [-0.1, -0.05) is 91.5 Å². The summed E-state index contributed by atoms with van der Waals surface area (Å²) in [5, 5.41) is 4.25. The number of halogens is 4. The van der Waals surface area contributed by atoms with Gasteiger partial charge in [-0.05, 0) is 47.5 Å². The van der Waals surface area contributed by atoms with Gasteiger partial charge in [-0.2, -0.15) is 0 Å². The molecule has 0 amide bonds. The van der Waals surface area contributed by atoms with Gasteiger partial charge < -0.3 is 0 Å². The zero-order chi connectivity index (χ0) is 23.7. The van der Waals surface area contributed by atoms with Crippen LogP contribution in [0.3, 0.4) is 0 Å². The van der Waals surface area contributed by atoms with Gasteiger partial charge in [0.05, 0.1) is 6.16 Å². The molecule has 4 rings (SSSR count). The fraction of sp³-hybridized carbons (Fsp3) is 0.0370. The first-order chi connectivity index (χ1) is 15.8. The minimum atomic E-state index is -2.61. The van der Waals surface area contributed by atoms with E-state index >= 15 is 0 Å². The molecule has 4 aromatic carbocycles. The van der Waals surface area contributed by atoms with Gasteiger partial charge in [-0.15, -0.1) is 0 Å². The Labute approximate surface area is 216 Å². The molecule has 0 heterocycles.